The second-order valence-electron chi connectivity index (χ2n) is 27.9. The third kappa shape index (κ3) is 24.7. The molecule has 6 atom stereocenters. The van der Waals surface area contributed by atoms with Gasteiger partial charge in [0.25, 0.3) is 0 Å². The highest BCUT2D eigenvalue weighted by Gasteiger charge is 2.31. The van der Waals surface area contributed by atoms with E-state index in [0.29, 0.717) is 112 Å². The Balaban J connectivity index is 0.000000173. The quantitative estimate of drug-likeness (QED) is 0.0154. The van der Waals surface area contributed by atoms with E-state index in [2.05, 4.69) is 70.3 Å². The van der Waals surface area contributed by atoms with Crippen LogP contribution in [-0.4, -0.2) is 106 Å². The van der Waals surface area contributed by atoms with Gasteiger partial charge in [-0.05, 0) is 214 Å². The van der Waals surface area contributed by atoms with E-state index in [4.69, 9.17) is 56.8 Å². The molecule has 6 saturated heterocycles. The van der Waals surface area contributed by atoms with E-state index in [1.165, 1.54) is 12.1 Å². The Kier molecular flexibility index (Phi) is 29.8. The van der Waals surface area contributed by atoms with Crippen molar-refractivity contribution in [2.45, 2.75) is 178 Å². The molecule has 0 saturated carbocycles. The molecule has 19 heteroatoms. The summed E-state index contributed by atoms with van der Waals surface area (Å²) in [4.78, 5) is 56.8. The van der Waals surface area contributed by atoms with Crippen LogP contribution in [0.25, 0.3) is 33.4 Å². The van der Waals surface area contributed by atoms with E-state index >= 15 is 0 Å². The van der Waals surface area contributed by atoms with Crippen molar-refractivity contribution in [1.82, 2.24) is 0 Å². The van der Waals surface area contributed by atoms with Gasteiger partial charge in [0, 0.05) is 66.4 Å². The van der Waals surface area contributed by atoms with Gasteiger partial charge >= 0.3 is 29.8 Å². The molecule has 12 rings (SSSR count). The maximum Gasteiger partial charge on any atom is 0.333 e. The van der Waals surface area contributed by atoms with Crippen LogP contribution in [-0.2, 0) is 52.4 Å². The molecule has 108 heavy (non-hydrogen) atoms. The number of unbranched alkanes of at least 4 members (excludes halogenated alkanes) is 4. The van der Waals surface area contributed by atoms with Crippen molar-refractivity contribution in [1.29, 1.82) is 0 Å². The van der Waals surface area contributed by atoms with E-state index in [9.17, 15) is 32.8 Å². The number of hydrogen-bond donors (Lipinski definition) is 0. The van der Waals surface area contributed by atoms with Gasteiger partial charge < -0.3 is 56.8 Å². The molecular formula is C89H98F2O17. The van der Waals surface area contributed by atoms with E-state index in [-0.39, 0.29) is 78.0 Å². The number of allylic oxidation sites excluding steroid dienone is 1. The van der Waals surface area contributed by atoms with E-state index in [1.54, 1.807) is 12.1 Å². The first-order chi connectivity index (χ1) is 52.2. The highest BCUT2D eigenvalue weighted by atomic mass is 19.1. The van der Waals surface area contributed by atoms with Crippen molar-refractivity contribution < 1.29 is 89.6 Å². The van der Waals surface area contributed by atoms with Crippen molar-refractivity contribution in [3.63, 3.8) is 0 Å². The highest BCUT2D eigenvalue weighted by Crippen LogP contribution is 2.34. The fourth-order valence-corrected chi connectivity index (χ4v) is 13.1. The summed E-state index contributed by atoms with van der Waals surface area (Å²) in [6.45, 7) is 29.4. The van der Waals surface area contributed by atoms with Crippen molar-refractivity contribution in [3.05, 3.63) is 230 Å². The van der Waals surface area contributed by atoms with Crippen molar-refractivity contribution in [2.24, 2.45) is 0 Å². The lowest BCUT2D eigenvalue weighted by Gasteiger charge is -2.12. The number of cyclic esters (lactones) is 5. The lowest BCUT2D eigenvalue weighted by atomic mass is 10.1. The van der Waals surface area contributed by atoms with E-state index < -0.39 is 11.6 Å². The van der Waals surface area contributed by atoms with Crippen LogP contribution in [0.5, 0.6) is 34.5 Å². The van der Waals surface area contributed by atoms with Crippen LogP contribution in [0.4, 0.5) is 8.78 Å². The molecule has 6 aromatic rings. The van der Waals surface area contributed by atoms with Crippen molar-refractivity contribution >= 4 is 29.8 Å². The highest BCUT2D eigenvalue weighted by molar-refractivity contribution is 5.91. The lowest BCUT2D eigenvalue weighted by Crippen LogP contribution is -2.09. The maximum atomic E-state index is 14.6. The van der Waals surface area contributed by atoms with Crippen LogP contribution in [0.2, 0.25) is 0 Å². The first-order valence-electron chi connectivity index (χ1n) is 37.5. The van der Waals surface area contributed by atoms with Crippen LogP contribution in [0.1, 0.15) is 141 Å². The maximum absolute atomic E-state index is 14.6. The third-order valence-electron chi connectivity index (χ3n) is 19.3. The first-order valence-corrected chi connectivity index (χ1v) is 37.5. The Morgan fingerprint density at radius 1 is 0.269 bits per heavy atom. The summed E-state index contributed by atoms with van der Waals surface area (Å²) >= 11 is 0. The molecule has 0 aliphatic carbocycles. The molecule has 0 amide bonds. The lowest BCUT2D eigenvalue weighted by molar-refractivity contribution is -0.140. The van der Waals surface area contributed by atoms with Gasteiger partial charge in [-0.15, -0.1) is 0 Å². The van der Waals surface area contributed by atoms with Gasteiger partial charge in [-0.1, -0.05) is 107 Å². The van der Waals surface area contributed by atoms with Crippen molar-refractivity contribution in [2.75, 3.05) is 39.6 Å². The summed E-state index contributed by atoms with van der Waals surface area (Å²) in [5.74, 6) is 2.06. The number of carbonyl (C=O) groups is 5. The number of esters is 5. The van der Waals surface area contributed by atoms with Gasteiger partial charge in [-0.2, -0.15) is 0 Å². The van der Waals surface area contributed by atoms with E-state index in [0.717, 1.165) is 164 Å². The van der Waals surface area contributed by atoms with Gasteiger partial charge in [0.15, 0.2) is 23.1 Å². The minimum atomic E-state index is -0.432. The number of hydrogen-bond acceptors (Lipinski definition) is 17. The van der Waals surface area contributed by atoms with Crippen LogP contribution >= 0.6 is 0 Å². The molecule has 0 aromatic heterocycles. The second-order valence-corrected chi connectivity index (χ2v) is 27.9. The first kappa shape index (κ1) is 79.9. The molecule has 6 aromatic carbocycles. The number of ether oxygens (including phenoxy) is 12. The molecule has 6 aliphatic heterocycles. The minimum Gasteiger partial charge on any atom is -0.494 e. The van der Waals surface area contributed by atoms with Gasteiger partial charge in [0.05, 0.1) is 39.6 Å². The monoisotopic (exact) mass is 1480 g/mol. The van der Waals surface area contributed by atoms with Crippen molar-refractivity contribution in [3.8, 4) is 67.9 Å². The van der Waals surface area contributed by atoms with E-state index in [1.807, 2.05) is 84.9 Å². The Hall–Kier alpha value is -10.7. The second kappa shape index (κ2) is 40.3. The molecule has 6 fully saturated rings. The Morgan fingerprint density at radius 2 is 0.491 bits per heavy atom. The van der Waals surface area contributed by atoms with Gasteiger partial charge in [0.2, 0.25) is 0 Å². The SMILES string of the molecule is C=C1CC(CCCCOc2ccc(-c3ccc(OCCCCC4CC(=C)C(=O)O4)c(F)c3)cc2)OC1=O.C=C1CC(CCCCOc2ccc(-c3ccc(OCCCCC4CC(=C)C(=O)O4)cc3)cc2)OC1=C.C=C1CC(CCCOc2ccc(-c3ccc(OCCCC4CC(=C)C(=O)O4)c(F)c3)cc2)OC1=O. The zero-order valence-corrected chi connectivity index (χ0v) is 61.6. The largest absolute Gasteiger partial charge is 0.494 e. The van der Waals surface area contributed by atoms with Gasteiger partial charge in [-0.25, -0.2) is 32.8 Å². The van der Waals surface area contributed by atoms with Crippen LogP contribution < -0.4 is 28.4 Å². The topological polar surface area (TPSA) is 196 Å². The van der Waals surface area contributed by atoms with Crippen LogP contribution in [0.15, 0.2) is 219 Å². The summed E-state index contributed by atoms with van der Waals surface area (Å²) in [7, 11) is 0. The average Bonchev–Trinajstić information content (AvgIpc) is 1.25. The summed E-state index contributed by atoms with van der Waals surface area (Å²) in [6, 6.07) is 41.2. The third-order valence-corrected chi connectivity index (χ3v) is 19.3. The molecule has 0 radical (unpaired) electrons. The molecule has 17 nitrogen and oxygen atoms in total. The Bertz CT molecular complexity index is 3980. The predicted molar refractivity (Wildman–Crippen MR) is 408 cm³/mol. The number of carbonyl (C=O) groups excluding carboxylic acids is 5. The van der Waals surface area contributed by atoms with Gasteiger partial charge in [0.1, 0.15) is 65.4 Å². The average molecular weight is 1480 g/mol. The molecule has 570 valence electrons. The number of halogens is 2. The summed E-state index contributed by atoms with van der Waals surface area (Å²) in [5.41, 5.74) is 9.23. The van der Waals surface area contributed by atoms with Gasteiger partial charge in [-0.3, -0.25) is 0 Å². The zero-order valence-electron chi connectivity index (χ0n) is 61.6. The number of benzene rings is 6. The molecule has 0 spiro atoms. The fourth-order valence-electron chi connectivity index (χ4n) is 13.1. The summed E-state index contributed by atoms with van der Waals surface area (Å²) in [5, 5.41) is 0. The fraction of sp³-hybridized carbons (Fsp3) is 0.382. The van der Waals surface area contributed by atoms with Crippen LogP contribution in [0.3, 0.4) is 0 Å². The zero-order chi connectivity index (χ0) is 76.3. The smallest absolute Gasteiger partial charge is 0.333 e. The Labute approximate surface area is 632 Å². The molecule has 0 bridgehead atoms. The molecule has 6 heterocycles. The predicted octanol–water partition coefficient (Wildman–Crippen LogP) is 19.1. The Morgan fingerprint density at radius 3 is 0.741 bits per heavy atom. The molecule has 0 N–H and O–H groups in total. The standard InChI is InChI=1S/C31H36O5.C30H33FO6.C28H29FO6/c1-22-20-29(35-24(22)3)8-4-6-18-33-27-14-10-25(11-15-27)26-12-16-28(17-13-26)34-19-7-5-9-30-21-23(2)31(32)36-30;1-20-17-25(36-29(20)32)7-3-5-15-34-24-12-9-22(10-13-24)23-11-14-28(27(31)19-23)35-16-6-4-8-26-18-21(2)30(33)37-26;1-18-15-23(34-27(18)30)5-3-13-32-22-10-7-20(8-11-22)21-9-12-26(25(29)17-21)33-14-4-6-24-16-19(2)28(31)35-24/h10-17,29-30H,1-9,18-21H2;9-14,19,25-26H,1-8,15-18H2;7-12,17,23-24H,1-6,13-16H2. The minimum absolute atomic E-state index is 0.0137. The molecule has 6 unspecified atom stereocenters. The normalized spacial score (nSPS) is 19.4. The molecule has 6 aliphatic rings. The summed E-state index contributed by atoms with van der Waals surface area (Å²) in [6.07, 6.45) is 17.2. The number of rotatable bonds is 37. The van der Waals surface area contributed by atoms with Crippen LogP contribution in [0, 0.1) is 11.6 Å². The summed E-state index contributed by atoms with van der Waals surface area (Å²) < 4.78 is 95.5. The molecular weight excluding hydrogens is 1380 g/mol.